The van der Waals surface area contributed by atoms with Gasteiger partial charge in [0.05, 0.1) is 6.54 Å². The summed E-state index contributed by atoms with van der Waals surface area (Å²) < 4.78 is 50.1. The first kappa shape index (κ1) is 22.8. The summed E-state index contributed by atoms with van der Waals surface area (Å²) in [5.74, 6) is 1.75. The topological polar surface area (TPSA) is 39.7 Å². The number of thioether (sulfide) groups is 1. The predicted octanol–water partition coefficient (Wildman–Crippen LogP) is 3.75. The maximum absolute atomic E-state index is 12.9. The molecule has 1 heterocycles. The van der Waals surface area contributed by atoms with Crippen LogP contribution in [0.15, 0.2) is 34.2 Å². The molecule has 28 heavy (non-hydrogen) atoms. The fourth-order valence-electron chi connectivity index (χ4n) is 3.17. The van der Waals surface area contributed by atoms with Gasteiger partial charge in [-0.25, -0.2) is 4.39 Å². The van der Waals surface area contributed by atoms with E-state index in [0.717, 1.165) is 43.0 Å². The van der Waals surface area contributed by atoms with Gasteiger partial charge in [0, 0.05) is 30.8 Å². The van der Waals surface area contributed by atoms with Crippen LogP contribution in [0.2, 0.25) is 0 Å². The molecule has 9 heteroatoms. The zero-order chi connectivity index (χ0) is 20.4. The first-order valence-electron chi connectivity index (χ1n) is 9.48. The van der Waals surface area contributed by atoms with Crippen molar-refractivity contribution in [2.75, 3.05) is 45.5 Å². The highest BCUT2D eigenvalue weighted by atomic mass is 32.2. The number of piperidine rings is 1. The van der Waals surface area contributed by atoms with Gasteiger partial charge in [-0.3, -0.25) is 9.89 Å². The van der Waals surface area contributed by atoms with Gasteiger partial charge in [0.1, 0.15) is 5.82 Å². The van der Waals surface area contributed by atoms with Gasteiger partial charge in [-0.05, 0) is 62.5 Å². The highest BCUT2D eigenvalue weighted by Gasteiger charge is 2.32. The second-order valence-corrected chi connectivity index (χ2v) is 8.02. The molecule has 2 N–H and O–H groups in total. The average molecular weight is 421 g/mol. The number of alkyl halides is 3. The van der Waals surface area contributed by atoms with Crippen LogP contribution < -0.4 is 10.6 Å². The summed E-state index contributed by atoms with van der Waals surface area (Å²) in [6, 6.07) is 6.41. The van der Waals surface area contributed by atoms with E-state index in [0.29, 0.717) is 25.0 Å². The Balaban J connectivity index is 1.55. The summed E-state index contributed by atoms with van der Waals surface area (Å²) in [4.78, 5) is 6.69. The Kier molecular flexibility index (Phi) is 9.37. The Morgan fingerprint density at radius 3 is 2.39 bits per heavy atom. The normalized spacial score (nSPS) is 17.0. The molecule has 0 spiro atoms. The Bertz CT molecular complexity index is 599. The van der Waals surface area contributed by atoms with Crippen LogP contribution in [0.5, 0.6) is 0 Å². The maximum Gasteiger partial charge on any atom is 0.401 e. The third-order valence-corrected chi connectivity index (χ3v) is 5.67. The second-order valence-electron chi connectivity index (χ2n) is 6.85. The lowest BCUT2D eigenvalue weighted by molar-refractivity contribution is -0.148. The van der Waals surface area contributed by atoms with E-state index in [2.05, 4.69) is 15.6 Å². The Hall–Kier alpha value is -1.48. The van der Waals surface area contributed by atoms with Gasteiger partial charge in [0.2, 0.25) is 0 Å². The summed E-state index contributed by atoms with van der Waals surface area (Å²) in [6.45, 7) is 1.69. The van der Waals surface area contributed by atoms with Crippen LogP contribution in [0.3, 0.4) is 0 Å². The zero-order valence-electron chi connectivity index (χ0n) is 16.1. The molecule has 0 amide bonds. The van der Waals surface area contributed by atoms with Crippen molar-refractivity contribution in [3.63, 3.8) is 0 Å². The third kappa shape index (κ3) is 9.14. The van der Waals surface area contributed by atoms with E-state index < -0.39 is 12.7 Å². The van der Waals surface area contributed by atoms with Crippen LogP contribution in [-0.2, 0) is 0 Å². The van der Waals surface area contributed by atoms with Crippen LogP contribution in [0.1, 0.15) is 19.3 Å². The van der Waals surface area contributed by atoms with Gasteiger partial charge in [-0.2, -0.15) is 13.2 Å². The van der Waals surface area contributed by atoms with E-state index >= 15 is 0 Å². The quantitative estimate of drug-likeness (QED) is 0.221. The molecule has 0 bridgehead atoms. The monoisotopic (exact) mass is 420 g/mol. The molecule has 1 fully saturated rings. The van der Waals surface area contributed by atoms with Crippen molar-refractivity contribution >= 4 is 17.7 Å². The van der Waals surface area contributed by atoms with Gasteiger partial charge in [-0.1, -0.05) is 0 Å². The molecule has 2 rings (SSSR count). The summed E-state index contributed by atoms with van der Waals surface area (Å²) in [5, 5.41) is 6.49. The van der Waals surface area contributed by atoms with Crippen molar-refractivity contribution in [3.8, 4) is 0 Å². The van der Waals surface area contributed by atoms with Crippen LogP contribution >= 0.6 is 11.8 Å². The van der Waals surface area contributed by atoms with Crippen molar-refractivity contribution < 1.29 is 17.6 Å². The number of hydrogen-bond donors (Lipinski definition) is 2. The molecule has 4 nitrogen and oxygen atoms in total. The lowest BCUT2D eigenvalue weighted by Crippen LogP contribution is -2.42. The molecule has 0 saturated carbocycles. The molecular formula is C19H28F4N4S. The predicted molar refractivity (Wildman–Crippen MR) is 106 cm³/mol. The smallest absolute Gasteiger partial charge is 0.356 e. The zero-order valence-corrected chi connectivity index (χ0v) is 16.9. The molecule has 0 unspecified atom stereocenters. The summed E-state index contributed by atoms with van der Waals surface area (Å²) in [7, 11) is 1.71. The van der Waals surface area contributed by atoms with E-state index in [-0.39, 0.29) is 5.82 Å². The van der Waals surface area contributed by atoms with Crippen LogP contribution in [0.25, 0.3) is 0 Å². The first-order valence-corrected chi connectivity index (χ1v) is 10.5. The minimum atomic E-state index is -4.11. The fraction of sp³-hybridized carbons (Fsp3) is 0.632. The minimum Gasteiger partial charge on any atom is -0.356 e. The number of guanidine groups is 1. The fourth-order valence-corrected chi connectivity index (χ4v) is 3.94. The lowest BCUT2D eigenvalue weighted by Gasteiger charge is -2.32. The second kappa shape index (κ2) is 11.5. The molecule has 1 aliphatic heterocycles. The Morgan fingerprint density at radius 2 is 1.79 bits per heavy atom. The molecule has 1 aliphatic rings. The molecule has 1 aromatic carbocycles. The summed E-state index contributed by atoms with van der Waals surface area (Å²) in [5.41, 5.74) is 0. The van der Waals surface area contributed by atoms with Gasteiger partial charge < -0.3 is 10.6 Å². The number of hydrogen-bond acceptors (Lipinski definition) is 3. The molecular weight excluding hydrogens is 392 g/mol. The highest BCUT2D eigenvalue weighted by Crippen LogP contribution is 2.24. The number of rotatable bonds is 8. The van der Waals surface area contributed by atoms with E-state index in [9.17, 15) is 17.6 Å². The van der Waals surface area contributed by atoms with E-state index in [1.54, 1.807) is 30.9 Å². The number of aliphatic imine (C=N–C) groups is 1. The number of nitrogens with one attached hydrogen (secondary N) is 2. The molecule has 0 radical (unpaired) electrons. The average Bonchev–Trinajstić information content (AvgIpc) is 2.65. The minimum absolute atomic E-state index is 0.238. The molecule has 1 saturated heterocycles. The molecule has 0 aliphatic carbocycles. The van der Waals surface area contributed by atoms with Gasteiger partial charge in [0.25, 0.3) is 0 Å². The van der Waals surface area contributed by atoms with Crippen molar-refractivity contribution in [2.24, 2.45) is 10.9 Å². The molecule has 0 aromatic heterocycles. The standard InChI is InChI=1S/C19H28F4N4S/c1-24-18(26-10-13-28-17-4-2-16(20)3-5-17)25-9-6-15-7-11-27(12-8-15)14-19(21,22)23/h2-5,15H,6-14H2,1H3,(H2,24,25,26). The van der Waals surface area contributed by atoms with Crippen molar-refractivity contribution in [3.05, 3.63) is 30.1 Å². The Morgan fingerprint density at radius 1 is 1.14 bits per heavy atom. The number of nitrogens with zero attached hydrogens (tertiary/aromatic N) is 2. The molecule has 1 aromatic rings. The van der Waals surface area contributed by atoms with Crippen LogP contribution in [-0.4, -0.2) is 62.6 Å². The number of likely N-dealkylation sites (tertiary alicyclic amines) is 1. The van der Waals surface area contributed by atoms with Crippen molar-refractivity contribution in [2.45, 2.75) is 30.3 Å². The van der Waals surface area contributed by atoms with Crippen molar-refractivity contribution in [1.82, 2.24) is 15.5 Å². The van der Waals surface area contributed by atoms with Crippen LogP contribution in [0, 0.1) is 11.7 Å². The van der Waals surface area contributed by atoms with E-state index in [4.69, 9.17) is 0 Å². The largest absolute Gasteiger partial charge is 0.401 e. The number of halogens is 4. The SMILES string of the molecule is CN=C(NCCSc1ccc(F)cc1)NCCC1CCN(CC(F)(F)F)CC1. The van der Waals surface area contributed by atoms with Crippen molar-refractivity contribution in [1.29, 1.82) is 0 Å². The molecule has 158 valence electrons. The van der Waals surface area contributed by atoms with Gasteiger partial charge in [0.15, 0.2) is 5.96 Å². The van der Waals surface area contributed by atoms with Gasteiger partial charge >= 0.3 is 6.18 Å². The van der Waals surface area contributed by atoms with E-state index in [1.807, 2.05) is 0 Å². The third-order valence-electron chi connectivity index (χ3n) is 4.66. The van der Waals surface area contributed by atoms with Crippen LogP contribution in [0.4, 0.5) is 17.6 Å². The Labute approximate surface area is 168 Å². The highest BCUT2D eigenvalue weighted by molar-refractivity contribution is 7.99. The lowest BCUT2D eigenvalue weighted by atomic mass is 9.93. The van der Waals surface area contributed by atoms with Gasteiger partial charge in [-0.15, -0.1) is 11.8 Å². The van der Waals surface area contributed by atoms with E-state index in [1.165, 1.54) is 17.0 Å². The summed E-state index contributed by atoms with van der Waals surface area (Å²) >= 11 is 1.64. The molecule has 0 atom stereocenters. The number of benzene rings is 1. The summed E-state index contributed by atoms with van der Waals surface area (Å²) in [6.07, 6.45) is -1.58. The first-order chi connectivity index (χ1) is 13.4. The maximum atomic E-state index is 12.9.